The molecule has 0 fully saturated rings. The number of aryl methyl sites for hydroxylation is 1. The van der Waals surface area contributed by atoms with Crippen LogP contribution in [0.15, 0.2) is 268 Å². The van der Waals surface area contributed by atoms with Crippen LogP contribution in [-0.2, 0) is 11.2 Å². The van der Waals surface area contributed by atoms with Crippen LogP contribution in [0.3, 0.4) is 0 Å². The summed E-state index contributed by atoms with van der Waals surface area (Å²) < 4.78 is 5.91. The van der Waals surface area contributed by atoms with Crippen molar-refractivity contribution in [2.75, 3.05) is 10.2 Å². The molecule has 1 N–H and O–H groups in total. The molecule has 3 heteroatoms. The molecule has 3 nitrogen and oxygen atoms in total. The predicted molar refractivity (Wildman–Crippen MR) is 288 cm³/mol. The summed E-state index contributed by atoms with van der Waals surface area (Å²) in [7, 11) is 0. The maximum absolute atomic E-state index is 5.91. The number of nitrogens with one attached hydrogen (secondary N) is 1. The number of rotatable bonds is 9. The third kappa shape index (κ3) is 11.3. The first-order valence-corrected chi connectivity index (χ1v) is 22.9. The Morgan fingerprint density at radius 2 is 1.09 bits per heavy atom. The van der Waals surface area contributed by atoms with Gasteiger partial charge in [-0.3, -0.25) is 0 Å². The van der Waals surface area contributed by atoms with Crippen LogP contribution in [0.25, 0.3) is 44.7 Å². The zero-order valence-electron chi connectivity index (χ0n) is 38.4. The van der Waals surface area contributed by atoms with Crippen LogP contribution in [0.5, 0.6) is 0 Å². The summed E-state index contributed by atoms with van der Waals surface area (Å²) in [5.74, 6) is 0.740. The smallest absolute Gasteiger partial charge is 0.133 e. The quantitative estimate of drug-likeness (QED) is 0.156. The number of para-hydroxylation sites is 1. The van der Waals surface area contributed by atoms with Crippen LogP contribution >= 0.6 is 0 Å². The van der Waals surface area contributed by atoms with Gasteiger partial charge in [0.05, 0.1) is 11.9 Å². The molecule has 7 aromatic rings. The van der Waals surface area contributed by atoms with Crippen LogP contribution in [0.2, 0.25) is 0 Å². The van der Waals surface area contributed by atoms with Gasteiger partial charge in [0.15, 0.2) is 0 Å². The van der Waals surface area contributed by atoms with Gasteiger partial charge in [-0.1, -0.05) is 179 Å². The van der Waals surface area contributed by atoms with Gasteiger partial charge in [0.2, 0.25) is 0 Å². The SMILES string of the molecule is C=C1/C=C\C=C/O/C(c2ccc(Nc3ccc(-c4ccc5c(c4)C(=C)/C=C\C=C/N5c4ccccc4)cc3)cc2)=C\C=C/C1=C.CCCc1ccccc1-c1cccc(-c2ccccc2)c1C. The van der Waals surface area contributed by atoms with Crippen molar-refractivity contribution in [3.05, 3.63) is 290 Å². The van der Waals surface area contributed by atoms with E-state index in [1.54, 1.807) is 6.26 Å². The van der Waals surface area contributed by atoms with Gasteiger partial charge in [-0.2, -0.15) is 0 Å². The molecule has 67 heavy (non-hydrogen) atoms. The third-order valence-corrected chi connectivity index (χ3v) is 11.8. The zero-order chi connectivity index (χ0) is 46.4. The molecule has 7 aromatic carbocycles. The molecule has 0 radical (unpaired) electrons. The molecule has 2 heterocycles. The summed E-state index contributed by atoms with van der Waals surface area (Å²) in [5.41, 5.74) is 19.4. The molecule has 0 saturated carbocycles. The molecule has 0 atom stereocenters. The Hall–Kier alpha value is -8.40. The van der Waals surface area contributed by atoms with Crippen molar-refractivity contribution in [1.29, 1.82) is 0 Å². The van der Waals surface area contributed by atoms with E-state index in [9.17, 15) is 0 Å². The molecule has 0 spiro atoms. The standard InChI is InChI=1S/C42H34N2O.C22H22/c1-31-12-8-10-29-45-42(17-11-14-32(31)2)35-20-25-38(26-21-35)43-37-23-18-34(19-24-37)36-22-27-41-40(30-36)33(3)13-7-9-28-44(41)39-15-5-4-6-16-39;1-3-10-18-13-7-8-14-22(18)21-16-9-15-20(17(21)2)19-11-5-4-6-12-19/h4-30,43H,1-3H2;4-9,11-16H,3,10H2,1-2H3/b12-8-,13-7-,14-11-,28-9-,29-10-,42-17-;. The van der Waals surface area contributed by atoms with Gasteiger partial charge in [-0.15, -0.1) is 0 Å². The van der Waals surface area contributed by atoms with E-state index in [-0.39, 0.29) is 0 Å². The first-order valence-electron chi connectivity index (χ1n) is 22.9. The van der Waals surface area contributed by atoms with Crippen LogP contribution in [0.1, 0.15) is 35.6 Å². The molecule has 0 bridgehead atoms. The molecule has 9 rings (SSSR count). The molecule has 0 aromatic heterocycles. The second kappa shape index (κ2) is 22.0. The topological polar surface area (TPSA) is 24.5 Å². The minimum absolute atomic E-state index is 0.740. The molecular formula is C64H56N2O. The average molecular weight is 869 g/mol. The van der Waals surface area contributed by atoms with E-state index < -0.39 is 0 Å². The molecule has 2 aliphatic rings. The van der Waals surface area contributed by atoms with E-state index in [0.717, 1.165) is 73.9 Å². The van der Waals surface area contributed by atoms with E-state index in [2.05, 4.69) is 196 Å². The Morgan fingerprint density at radius 1 is 0.493 bits per heavy atom. The minimum atomic E-state index is 0.740. The first-order chi connectivity index (χ1) is 32.9. The Morgan fingerprint density at radius 3 is 1.82 bits per heavy atom. The fraction of sp³-hybridized carbons (Fsp3) is 0.0625. The maximum Gasteiger partial charge on any atom is 0.133 e. The van der Waals surface area contributed by atoms with Crippen LogP contribution in [-0.4, -0.2) is 0 Å². The summed E-state index contributed by atoms with van der Waals surface area (Å²) >= 11 is 0. The lowest BCUT2D eigenvalue weighted by molar-refractivity contribution is 0.437. The highest BCUT2D eigenvalue weighted by atomic mass is 16.5. The van der Waals surface area contributed by atoms with Crippen molar-refractivity contribution in [1.82, 2.24) is 0 Å². The Bertz CT molecular complexity index is 3050. The maximum atomic E-state index is 5.91. The lowest BCUT2D eigenvalue weighted by Crippen LogP contribution is -2.11. The third-order valence-electron chi connectivity index (χ3n) is 11.8. The average Bonchev–Trinajstić information content (AvgIpc) is 3.40. The number of allylic oxidation sites excluding steroid dienone is 12. The number of benzene rings is 7. The fourth-order valence-corrected chi connectivity index (χ4v) is 8.23. The Balaban J connectivity index is 0.000000231. The van der Waals surface area contributed by atoms with Crippen LogP contribution < -0.4 is 10.2 Å². The first kappa shape index (κ1) is 45.2. The Kier molecular flexibility index (Phi) is 14.8. The number of hydrogen-bond acceptors (Lipinski definition) is 3. The van der Waals surface area contributed by atoms with Crippen molar-refractivity contribution in [2.45, 2.75) is 26.7 Å². The fourth-order valence-electron chi connectivity index (χ4n) is 8.23. The summed E-state index contributed by atoms with van der Waals surface area (Å²) in [6.07, 6.45) is 23.6. The van der Waals surface area contributed by atoms with Gasteiger partial charge < -0.3 is 15.0 Å². The van der Waals surface area contributed by atoms with E-state index in [0.29, 0.717) is 0 Å². The number of anilines is 4. The molecule has 0 saturated heterocycles. The molecular weight excluding hydrogens is 813 g/mol. The van der Waals surface area contributed by atoms with E-state index >= 15 is 0 Å². The summed E-state index contributed by atoms with van der Waals surface area (Å²) in [6, 6.07) is 59.7. The second-order valence-corrected chi connectivity index (χ2v) is 16.4. The van der Waals surface area contributed by atoms with Gasteiger partial charge in [0.25, 0.3) is 0 Å². The number of nitrogens with zero attached hydrogens (tertiary/aromatic N) is 1. The number of hydrogen-bond donors (Lipinski definition) is 1. The summed E-state index contributed by atoms with van der Waals surface area (Å²) in [5, 5.41) is 3.51. The lowest BCUT2D eigenvalue weighted by Gasteiger charge is -2.25. The van der Waals surface area contributed by atoms with E-state index in [4.69, 9.17) is 4.74 Å². The monoisotopic (exact) mass is 868 g/mol. The highest BCUT2D eigenvalue weighted by molar-refractivity contribution is 5.88. The van der Waals surface area contributed by atoms with Crippen LogP contribution in [0.4, 0.5) is 22.7 Å². The van der Waals surface area contributed by atoms with Gasteiger partial charge in [0, 0.05) is 34.4 Å². The molecule has 328 valence electrons. The number of ether oxygens (including phenoxy) is 1. The van der Waals surface area contributed by atoms with Gasteiger partial charge in [-0.25, -0.2) is 0 Å². The Labute approximate surface area is 397 Å². The molecule has 0 unspecified atom stereocenters. The van der Waals surface area contributed by atoms with Gasteiger partial charge in [-0.05, 0) is 153 Å². The molecule has 0 aliphatic carbocycles. The van der Waals surface area contributed by atoms with Crippen molar-refractivity contribution in [2.24, 2.45) is 0 Å². The van der Waals surface area contributed by atoms with E-state index in [1.807, 2.05) is 78.9 Å². The molecule has 0 amide bonds. The minimum Gasteiger partial charge on any atom is -0.464 e. The molecule has 2 aliphatic heterocycles. The normalized spacial score (nSPS) is 16.5. The number of fused-ring (bicyclic) bond motifs is 1. The predicted octanol–water partition coefficient (Wildman–Crippen LogP) is 17.7. The van der Waals surface area contributed by atoms with Crippen molar-refractivity contribution < 1.29 is 4.74 Å². The largest absolute Gasteiger partial charge is 0.464 e. The highest BCUT2D eigenvalue weighted by Gasteiger charge is 2.16. The van der Waals surface area contributed by atoms with Crippen molar-refractivity contribution >= 4 is 34.1 Å². The summed E-state index contributed by atoms with van der Waals surface area (Å²) in [4.78, 5) is 2.20. The summed E-state index contributed by atoms with van der Waals surface area (Å²) in [6.45, 7) is 16.9. The van der Waals surface area contributed by atoms with Gasteiger partial charge in [0.1, 0.15) is 5.76 Å². The van der Waals surface area contributed by atoms with Crippen LogP contribution in [0, 0.1) is 6.92 Å². The van der Waals surface area contributed by atoms with Gasteiger partial charge >= 0.3 is 0 Å². The van der Waals surface area contributed by atoms with Crippen molar-refractivity contribution in [3.63, 3.8) is 0 Å². The zero-order valence-corrected chi connectivity index (χ0v) is 38.4. The van der Waals surface area contributed by atoms with Crippen molar-refractivity contribution in [3.8, 4) is 33.4 Å². The second-order valence-electron chi connectivity index (χ2n) is 16.4. The lowest BCUT2D eigenvalue weighted by atomic mass is 9.90. The highest BCUT2D eigenvalue weighted by Crippen LogP contribution is 2.38. The van der Waals surface area contributed by atoms with E-state index in [1.165, 1.54) is 39.8 Å².